The van der Waals surface area contributed by atoms with Gasteiger partial charge in [0.25, 0.3) is 0 Å². The Morgan fingerprint density at radius 3 is 2.38 bits per heavy atom. The average molecular weight is 549 g/mol. The molecule has 0 aromatic heterocycles. The molecule has 5 aliphatic rings. The summed E-state index contributed by atoms with van der Waals surface area (Å²) in [7, 11) is 0. The highest BCUT2D eigenvalue weighted by Gasteiger charge is 2.59. The second kappa shape index (κ2) is 11.6. The van der Waals surface area contributed by atoms with E-state index >= 15 is 0 Å². The van der Waals surface area contributed by atoms with Crippen molar-refractivity contribution in [1.82, 2.24) is 0 Å². The summed E-state index contributed by atoms with van der Waals surface area (Å²) in [5, 5.41) is 50.4. The Kier molecular flexibility index (Phi) is 8.95. The maximum Gasteiger partial charge on any atom is 0.111 e. The highest BCUT2D eigenvalue weighted by molar-refractivity contribution is 5.25. The van der Waals surface area contributed by atoms with Crippen molar-refractivity contribution in [3.8, 4) is 0 Å². The summed E-state index contributed by atoms with van der Waals surface area (Å²) in [4.78, 5) is 0. The van der Waals surface area contributed by atoms with Gasteiger partial charge in [0.2, 0.25) is 0 Å². The first-order valence-corrected chi connectivity index (χ1v) is 16.2. The van der Waals surface area contributed by atoms with Crippen LogP contribution in [0.15, 0.2) is 11.6 Å². The van der Waals surface area contributed by atoms with Gasteiger partial charge in [-0.25, -0.2) is 0 Å². The molecule has 4 fully saturated rings. The van der Waals surface area contributed by atoms with E-state index in [1.54, 1.807) is 5.57 Å². The molecule has 0 radical (unpaired) electrons. The molecule has 6 heteroatoms. The summed E-state index contributed by atoms with van der Waals surface area (Å²) in [6, 6.07) is 0. The third kappa shape index (κ3) is 5.41. The summed E-state index contributed by atoms with van der Waals surface area (Å²) in [5.41, 5.74) is 2.31. The predicted octanol–water partition coefficient (Wildman–Crippen LogP) is 4.60. The van der Waals surface area contributed by atoms with E-state index in [-0.39, 0.29) is 12.7 Å². The third-order valence-electron chi connectivity index (χ3n) is 12.8. The molecule has 5 rings (SSSR count). The van der Waals surface area contributed by atoms with E-state index in [2.05, 4.69) is 33.8 Å². The van der Waals surface area contributed by atoms with E-state index in [0.717, 1.165) is 55.8 Å². The molecular weight excluding hydrogens is 492 g/mol. The molecule has 5 N–H and O–H groups in total. The number of ether oxygens (including phenoxy) is 1. The molecular formula is C33H56O6. The van der Waals surface area contributed by atoms with Gasteiger partial charge in [-0.2, -0.15) is 0 Å². The van der Waals surface area contributed by atoms with Crippen LogP contribution in [-0.4, -0.2) is 68.8 Å². The smallest absolute Gasteiger partial charge is 0.111 e. The van der Waals surface area contributed by atoms with E-state index in [1.807, 2.05) is 0 Å². The lowest BCUT2D eigenvalue weighted by Crippen LogP contribution is -2.58. The molecule has 14 atom stereocenters. The normalized spacial score (nSPS) is 49.4. The molecule has 6 nitrogen and oxygen atoms in total. The van der Waals surface area contributed by atoms with Crippen LogP contribution >= 0.6 is 0 Å². The quantitative estimate of drug-likeness (QED) is 0.284. The molecule has 0 spiro atoms. The van der Waals surface area contributed by atoms with Gasteiger partial charge < -0.3 is 30.3 Å². The second-order valence-electron chi connectivity index (χ2n) is 15.0. The predicted molar refractivity (Wildman–Crippen MR) is 152 cm³/mol. The molecule has 1 saturated heterocycles. The van der Waals surface area contributed by atoms with Crippen molar-refractivity contribution in [3.05, 3.63) is 11.6 Å². The van der Waals surface area contributed by atoms with Crippen LogP contribution in [0, 0.1) is 46.3 Å². The van der Waals surface area contributed by atoms with Crippen LogP contribution in [-0.2, 0) is 4.74 Å². The Bertz CT molecular complexity index is 874. The zero-order valence-electron chi connectivity index (χ0n) is 24.8. The van der Waals surface area contributed by atoms with Gasteiger partial charge in [0, 0.05) is 0 Å². The van der Waals surface area contributed by atoms with Crippen molar-refractivity contribution in [3.63, 3.8) is 0 Å². The van der Waals surface area contributed by atoms with Gasteiger partial charge in [0.05, 0.1) is 18.8 Å². The Hall–Kier alpha value is -0.500. The Morgan fingerprint density at radius 1 is 0.897 bits per heavy atom. The molecule has 1 aliphatic heterocycles. The zero-order chi connectivity index (χ0) is 28.1. The Balaban J connectivity index is 1.14. The Labute approximate surface area is 236 Å². The fourth-order valence-electron chi connectivity index (χ4n) is 10.5. The average Bonchev–Trinajstić information content (AvgIpc) is 3.26. The molecule has 3 saturated carbocycles. The number of aliphatic hydroxyl groups excluding tert-OH is 5. The second-order valence-corrected chi connectivity index (χ2v) is 15.0. The molecule has 0 aromatic carbocycles. The number of hydrogen-bond acceptors (Lipinski definition) is 6. The first-order valence-electron chi connectivity index (χ1n) is 16.2. The zero-order valence-corrected chi connectivity index (χ0v) is 24.8. The topological polar surface area (TPSA) is 110 Å². The Morgan fingerprint density at radius 2 is 1.64 bits per heavy atom. The number of allylic oxidation sites excluding steroid dienone is 1. The molecule has 3 unspecified atom stereocenters. The summed E-state index contributed by atoms with van der Waals surface area (Å²) in [6.07, 6.45) is 11.1. The van der Waals surface area contributed by atoms with Crippen molar-refractivity contribution in [2.24, 2.45) is 46.3 Å². The van der Waals surface area contributed by atoms with Gasteiger partial charge in [-0.05, 0) is 104 Å². The van der Waals surface area contributed by atoms with E-state index in [9.17, 15) is 25.5 Å². The summed E-state index contributed by atoms with van der Waals surface area (Å²) < 4.78 is 5.74. The van der Waals surface area contributed by atoms with Crippen LogP contribution in [0.5, 0.6) is 0 Å². The molecule has 39 heavy (non-hydrogen) atoms. The van der Waals surface area contributed by atoms with Gasteiger partial charge in [-0.3, -0.25) is 0 Å². The van der Waals surface area contributed by atoms with Crippen LogP contribution < -0.4 is 0 Å². The van der Waals surface area contributed by atoms with Gasteiger partial charge in [0.15, 0.2) is 0 Å². The minimum Gasteiger partial charge on any atom is -0.394 e. The fraction of sp³-hybridized carbons (Fsp3) is 0.939. The van der Waals surface area contributed by atoms with Crippen molar-refractivity contribution >= 4 is 0 Å². The van der Waals surface area contributed by atoms with Gasteiger partial charge in [0.1, 0.15) is 24.4 Å². The standard InChI is InChI=1S/C33H56O6/c1-19(16-27-29(36)31(38)30(37)28(18-34)39-27)6-5-7-20(2)24-10-11-25-23-9-8-21-17-22(35)12-14-32(21,3)26(23)13-15-33(24,25)4/h8,19-20,22-31,34-38H,5-7,9-18H2,1-4H3/t19?,20?,22-,23-,24+,25-,26-,27?,28+,29-,30-,31+,32-,33+/m0/s1. The summed E-state index contributed by atoms with van der Waals surface area (Å²) >= 11 is 0. The first kappa shape index (κ1) is 30.0. The van der Waals surface area contributed by atoms with E-state index in [0.29, 0.717) is 29.1 Å². The fourth-order valence-corrected chi connectivity index (χ4v) is 10.5. The lowest BCUT2D eigenvalue weighted by atomic mass is 9.47. The van der Waals surface area contributed by atoms with Crippen LogP contribution in [0.25, 0.3) is 0 Å². The van der Waals surface area contributed by atoms with E-state index in [1.165, 1.54) is 38.5 Å². The van der Waals surface area contributed by atoms with Crippen molar-refractivity contribution in [2.75, 3.05) is 6.61 Å². The molecule has 224 valence electrons. The van der Waals surface area contributed by atoms with Crippen LogP contribution in [0.3, 0.4) is 0 Å². The van der Waals surface area contributed by atoms with Gasteiger partial charge in [-0.15, -0.1) is 0 Å². The number of hydrogen-bond donors (Lipinski definition) is 5. The van der Waals surface area contributed by atoms with Gasteiger partial charge >= 0.3 is 0 Å². The first-order chi connectivity index (χ1) is 18.5. The maximum atomic E-state index is 10.4. The lowest BCUT2D eigenvalue weighted by molar-refractivity contribution is -0.232. The minimum atomic E-state index is -1.28. The molecule has 0 aromatic rings. The number of rotatable bonds is 8. The van der Waals surface area contributed by atoms with Crippen LogP contribution in [0.4, 0.5) is 0 Å². The van der Waals surface area contributed by atoms with E-state index < -0.39 is 30.5 Å². The minimum absolute atomic E-state index is 0.133. The highest BCUT2D eigenvalue weighted by atomic mass is 16.5. The molecule has 0 amide bonds. The maximum absolute atomic E-state index is 10.4. The van der Waals surface area contributed by atoms with Crippen molar-refractivity contribution in [1.29, 1.82) is 0 Å². The third-order valence-corrected chi connectivity index (χ3v) is 12.8. The molecule has 0 bridgehead atoms. The number of fused-ring (bicyclic) bond motifs is 5. The monoisotopic (exact) mass is 548 g/mol. The molecule has 1 heterocycles. The largest absolute Gasteiger partial charge is 0.394 e. The number of aliphatic hydroxyl groups is 5. The van der Waals surface area contributed by atoms with Crippen LogP contribution in [0.1, 0.15) is 105 Å². The van der Waals surface area contributed by atoms with Crippen molar-refractivity contribution in [2.45, 2.75) is 141 Å². The summed E-state index contributed by atoms with van der Waals surface area (Å²) in [5.74, 6) is 4.25. The van der Waals surface area contributed by atoms with E-state index in [4.69, 9.17) is 4.74 Å². The summed E-state index contributed by atoms with van der Waals surface area (Å²) in [6.45, 7) is 9.43. The lowest BCUT2D eigenvalue weighted by Gasteiger charge is -2.58. The van der Waals surface area contributed by atoms with Crippen molar-refractivity contribution < 1.29 is 30.3 Å². The van der Waals surface area contributed by atoms with Crippen LogP contribution in [0.2, 0.25) is 0 Å². The van der Waals surface area contributed by atoms with Gasteiger partial charge in [-0.1, -0.05) is 58.6 Å². The SMILES string of the molecule is CC(CCCC(C)[C@H]1CC[C@H]2[C@@H]3CC=C4C[C@@H](O)CC[C@]4(C)[C@H]3CC[C@]12C)CC1O[C@H](CO)[C@H](O)[C@H](O)[C@H]1O. The molecule has 4 aliphatic carbocycles. The highest BCUT2D eigenvalue weighted by Crippen LogP contribution is 2.67.